The van der Waals surface area contributed by atoms with Crippen LogP contribution in [0.25, 0.3) is 11.3 Å². The van der Waals surface area contributed by atoms with E-state index in [0.29, 0.717) is 16.4 Å². The third kappa shape index (κ3) is 2.63. The Morgan fingerprint density at radius 1 is 1.18 bits per heavy atom. The minimum atomic E-state index is -0.444. The Labute approximate surface area is 104 Å². The lowest BCUT2D eigenvalue weighted by atomic mass is 10.1. The molecule has 1 aromatic heterocycles. The molecule has 0 aliphatic carbocycles. The van der Waals surface area contributed by atoms with Crippen LogP contribution in [0.15, 0.2) is 42.5 Å². The molecule has 0 spiro atoms. The minimum absolute atomic E-state index is 0.292. The summed E-state index contributed by atoms with van der Waals surface area (Å²) >= 11 is 5.81. The van der Waals surface area contributed by atoms with Gasteiger partial charge in [0.1, 0.15) is 5.69 Å². The molecule has 17 heavy (non-hydrogen) atoms. The Bertz CT molecular complexity index is 537. The second kappa shape index (κ2) is 4.97. The van der Waals surface area contributed by atoms with Crippen LogP contribution in [0.1, 0.15) is 10.5 Å². The summed E-state index contributed by atoms with van der Waals surface area (Å²) in [5, 5.41) is 0.665. The number of esters is 1. The van der Waals surface area contributed by atoms with Crippen LogP contribution in [0, 0.1) is 0 Å². The average molecular weight is 248 g/mol. The molecule has 0 fully saturated rings. The van der Waals surface area contributed by atoms with Crippen molar-refractivity contribution in [3.8, 4) is 11.3 Å². The molecule has 1 aromatic carbocycles. The first-order valence-electron chi connectivity index (χ1n) is 5.02. The highest BCUT2D eigenvalue weighted by Gasteiger charge is 2.08. The molecule has 0 amide bonds. The Hall–Kier alpha value is -1.87. The van der Waals surface area contributed by atoms with Gasteiger partial charge in [-0.2, -0.15) is 0 Å². The molecule has 0 bridgehead atoms. The molecule has 86 valence electrons. The van der Waals surface area contributed by atoms with Gasteiger partial charge in [0.05, 0.1) is 12.8 Å². The Morgan fingerprint density at radius 2 is 1.88 bits per heavy atom. The van der Waals surface area contributed by atoms with Gasteiger partial charge in [0.25, 0.3) is 0 Å². The molecule has 2 rings (SSSR count). The lowest BCUT2D eigenvalue weighted by Crippen LogP contribution is -2.04. The van der Waals surface area contributed by atoms with E-state index in [9.17, 15) is 4.79 Å². The van der Waals surface area contributed by atoms with Crippen molar-refractivity contribution in [2.24, 2.45) is 0 Å². The van der Waals surface area contributed by atoms with Gasteiger partial charge in [-0.1, -0.05) is 29.8 Å². The number of carbonyl (C=O) groups excluding carboxylic acids is 1. The summed E-state index contributed by atoms with van der Waals surface area (Å²) in [5.41, 5.74) is 1.91. The molecule has 0 unspecified atom stereocenters. The summed E-state index contributed by atoms with van der Waals surface area (Å²) < 4.78 is 4.62. The van der Waals surface area contributed by atoms with E-state index in [1.807, 2.05) is 18.2 Å². The Balaban J connectivity index is 2.39. The molecule has 2 aromatic rings. The molecule has 0 aliphatic heterocycles. The van der Waals surface area contributed by atoms with E-state index in [-0.39, 0.29) is 0 Å². The van der Waals surface area contributed by atoms with E-state index in [1.165, 1.54) is 7.11 Å². The topological polar surface area (TPSA) is 39.2 Å². The molecule has 0 saturated heterocycles. The van der Waals surface area contributed by atoms with Crippen LogP contribution in [0.2, 0.25) is 5.02 Å². The summed E-state index contributed by atoms with van der Waals surface area (Å²) in [6.45, 7) is 0. The van der Waals surface area contributed by atoms with E-state index >= 15 is 0 Å². The predicted octanol–water partition coefficient (Wildman–Crippen LogP) is 3.19. The van der Waals surface area contributed by atoms with Crippen molar-refractivity contribution in [3.63, 3.8) is 0 Å². The van der Waals surface area contributed by atoms with Crippen LogP contribution in [0.4, 0.5) is 0 Å². The van der Waals surface area contributed by atoms with Gasteiger partial charge >= 0.3 is 5.97 Å². The quantitative estimate of drug-likeness (QED) is 0.765. The van der Waals surface area contributed by atoms with Crippen LogP contribution < -0.4 is 0 Å². The fourth-order valence-electron chi connectivity index (χ4n) is 1.43. The maximum absolute atomic E-state index is 11.3. The number of hydrogen-bond donors (Lipinski definition) is 0. The molecule has 1 heterocycles. The Morgan fingerprint density at radius 3 is 2.53 bits per heavy atom. The number of ether oxygens (including phenoxy) is 1. The number of hydrogen-bond acceptors (Lipinski definition) is 3. The highest BCUT2D eigenvalue weighted by molar-refractivity contribution is 6.30. The molecule has 0 aliphatic rings. The van der Waals surface area contributed by atoms with Crippen molar-refractivity contribution in [3.05, 3.63) is 53.2 Å². The predicted molar refractivity (Wildman–Crippen MR) is 66.0 cm³/mol. The first-order valence-corrected chi connectivity index (χ1v) is 5.40. The molecule has 0 saturated carbocycles. The summed E-state index contributed by atoms with van der Waals surface area (Å²) in [6.07, 6.45) is 0. The molecule has 4 heteroatoms. The molecule has 0 N–H and O–H groups in total. The SMILES string of the molecule is COC(=O)c1cccc(-c2ccc(Cl)cc2)n1. The van der Waals surface area contributed by atoms with Crippen molar-refractivity contribution in [2.45, 2.75) is 0 Å². The smallest absolute Gasteiger partial charge is 0.356 e. The zero-order valence-corrected chi connectivity index (χ0v) is 9.94. The first kappa shape index (κ1) is 11.6. The van der Waals surface area contributed by atoms with Crippen molar-refractivity contribution >= 4 is 17.6 Å². The maximum Gasteiger partial charge on any atom is 0.356 e. The van der Waals surface area contributed by atoms with Crippen LogP contribution in [0.5, 0.6) is 0 Å². The van der Waals surface area contributed by atoms with Gasteiger partial charge < -0.3 is 4.74 Å². The number of aromatic nitrogens is 1. The van der Waals surface area contributed by atoms with E-state index in [0.717, 1.165) is 5.56 Å². The van der Waals surface area contributed by atoms with Gasteiger partial charge in [-0.05, 0) is 24.3 Å². The van der Waals surface area contributed by atoms with Crippen molar-refractivity contribution in [2.75, 3.05) is 7.11 Å². The highest BCUT2D eigenvalue weighted by atomic mass is 35.5. The fraction of sp³-hybridized carbons (Fsp3) is 0.0769. The highest BCUT2D eigenvalue weighted by Crippen LogP contribution is 2.19. The summed E-state index contributed by atoms with van der Waals surface area (Å²) in [5.74, 6) is -0.444. The third-order valence-corrected chi connectivity index (χ3v) is 2.54. The minimum Gasteiger partial charge on any atom is -0.464 e. The average Bonchev–Trinajstić information content (AvgIpc) is 2.39. The molecule has 3 nitrogen and oxygen atoms in total. The zero-order chi connectivity index (χ0) is 12.3. The number of halogens is 1. The summed E-state index contributed by atoms with van der Waals surface area (Å²) in [6, 6.07) is 12.5. The largest absolute Gasteiger partial charge is 0.464 e. The number of carbonyl (C=O) groups is 1. The molecule has 0 atom stereocenters. The molecule has 0 radical (unpaired) electrons. The van der Waals surface area contributed by atoms with Crippen LogP contribution >= 0.6 is 11.6 Å². The number of benzene rings is 1. The van der Waals surface area contributed by atoms with E-state index in [2.05, 4.69) is 9.72 Å². The second-order valence-corrected chi connectivity index (χ2v) is 3.84. The van der Waals surface area contributed by atoms with Gasteiger partial charge in [-0.25, -0.2) is 9.78 Å². The van der Waals surface area contributed by atoms with Gasteiger partial charge in [0.2, 0.25) is 0 Å². The van der Waals surface area contributed by atoms with Gasteiger partial charge in [-0.3, -0.25) is 0 Å². The lowest BCUT2D eigenvalue weighted by Gasteiger charge is -2.03. The maximum atomic E-state index is 11.3. The van der Waals surface area contributed by atoms with Crippen LogP contribution in [-0.2, 0) is 4.74 Å². The summed E-state index contributed by atoms with van der Waals surface area (Å²) in [4.78, 5) is 15.6. The third-order valence-electron chi connectivity index (χ3n) is 2.28. The van der Waals surface area contributed by atoms with E-state index < -0.39 is 5.97 Å². The first-order chi connectivity index (χ1) is 8.20. The lowest BCUT2D eigenvalue weighted by molar-refractivity contribution is 0.0594. The number of rotatable bonds is 2. The van der Waals surface area contributed by atoms with E-state index in [4.69, 9.17) is 11.6 Å². The second-order valence-electron chi connectivity index (χ2n) is 3.41. The monoisotopic (exact) mass is 247 g/mol. The zero-order valence-electron chi connectivity index (χ0n) is 9.18. The number of methoxy groups -OCH3 is 1. The normalized spacial score (nSPS) is 10.0. The molecular formula is C13H10ClNO2. The van der Waals surface area contributed by atoms with Crippen molar-refractivity contribution in [1.29, 1.82) is 0 Å². The standard InChI is InChI=1S/C13H10ClNO2/c1-17-13(16)12-4-2-3-11(15-12)9-5-7-10(14)8-6-9/h2-8H,1H3. The summed E-state index contributed by atoms with van der Waals surface area (Å²) in [7, 11) is 1.33. The van der Waals surface area contributed by atoms with Crippen molar-refractivity contribution in [1.82, 2.24) is 4.98 Å². The van der Waals surface area contributed by atoms with Gasteiger partial charge in [0, 0.05) is 10.6 Å². The van der Waals surface area contributed by atoms with Crippen LogP contribution in [0.3, 0.4) is 0 Å². The van der Waals surface area contributed by atoms with Gasteiger partial charge in [0.15, 0.2) is 0 Å². The molecular weight excluding hydrogens is 238 g/mol. The number of pyridine rings is 1. The van der Waals surface area contributed by atoms with Crippen LogP contribution in [-0.4, -0.2) is 18.1 Å². The Kier molecular flexibility index (Phi) is 3.40. The van der Waals surface area contributed by atoms with Gasteiger partial charge in [-0.15, -0.1) is 0 Å². The number of nitrogens with zero attached hydrogens (tertiary/aromatic N) is 1. The van der Waals surface area contributed by atoms with Crippen molar-refractivity contribution < 1.29 is 9.53 Å². The fourth-order valence-corrected chi connectivity index (χ4v) is 1.56. The van der Waals surface area contributed by atoms with E-state index in [1.54, 1.807) is 24.3 Å².